The lowest BCUT2D eigenvalue weighted by Gasteiger charge is -2.09. The van der Waals surface area contributed by atoms with E-state index in [9.17, 15) is 4.79 Å². The molecule has 0 atom stereocenters. The van der Waals surface area contributed by atoms with Crippen LogP contribution in [-0.2, 0) is 0 Å². The van der Waals surface area contributed by atoms with Gasteiger partial charge in [-0.25, -0.2) is 4.98 Å². The minimum atomic E-state index is -0.153. The molecule has 0 aliphatic rings. The molecule has 0 unspecified atom stereocenters. The molecule has 0 saturated heterocycles. The van der Waals surface area contributed by atoms with E-state index in [-0.39, 0.29) is 5.91 Å². The van der Waals surface area contributed by atoms with Crippen LogP contribution in [0.5, 0.6) is 0 Å². The first-order valence-electron chi connectivity index (χ1n) is 6.83. The standard InChI is InChI=1S/C16H16N4O/c1-11(2)20-10-18-14-9-13(3-4-15(14)20)19-16(21)12-5-7-17-8-6-12/h3-11H,1-2H3,(H,19,21). The summed E-state index contributed by atoms with van der Waals surface area (Å²) in [6.07, 6.45) is 5.02. The van der Waals surface area contributed by atoms with Crippen LogP contribution < -0.4 is 5.32 Å². The van der Waals surface area contributed by atoms with Gasteiger partial charge in [-0.1, -0.05) is 0 Å². The highest BCUT2D eigenvalue weighted by molar-refractivity contribution is 6.04. The van der Waals surface area contributed by atoms with Gasteiger partial charge in [-0.05, 0) is 44.2 Å². The number of rotatable bonds is 3. The van der Waals surface area contributed by atoms with E-state index in [1.807, 2.05) is 24.5 Å². The van der Waals surface area contributed by atoms with E-state index >= 15 is 0 Å². The fraction of sp³-hybridized carbons (Fsp3) is 0.188. The van der Waals surface area contributed by atoms with Gasteiger partial charge in [0.15, 0.2) is 0 Å². The minimum Gasteiger partial charge on any atom is -0.328 e. The van der Waals surface area contributed by atoms with Gasteiger partial charge in [-0.2, -0.15) is 0 Å². The Labute approximate surface area is 122 Å². The van der Waals surface area contributed by atoms with Crippen molar-refractivity contribution >= 4 is 22.6 Å². The monoisotopic (exact) mass is 280 g/mol. The zero-order valence-electron chi connectivity index (χ0n) is 11.9. The first-order chi connectivity index (χ1) is 10.1. The van der Waals surface area contributed by atoms with Gasteiger partial charge in [0.1, 0.15) is 0 Å². The molecule has 0 radical (unpaired) electrons. The first kappa shape index (κ1) is 13.3. The summed E-state index contributed by atoms with van der Waals surface area (Å²) in [6.45, 7) is 4.22. The number of imidazole rings is 1. The Balaban J connectivity index is 1.87. The number of aromatic nitrogens is 3. The van der Waals surface area contributed by atoms with Crippen LogP contribution in [0.25, 0.3) is 11.0 Å². The Kier molecular flexibility index (Phi) is 3.39. The highest BCUT2D eigenvalue weighted by Gasteiger charge is 2.09. The predicted molar refractivity (Wildman–Crippen MR) is 82.3 cm³/mol. The summed E-state index contributed by atoms with van der Waals surface area (Å²) in [6, 6.07) is 9.47. The maximum Gasteiger partial charge on any atom is 0.255 e. The fourth-order valence-electron chi connectivity index (χ4n) is 2.23. The van der Waals surface area contributed by atoms with E-state index in [1.165, 1.54) is 0 Å². The van der Waals surface area contributed by atoms with Gasteiger partial charge < -0.3 is 9.88 Å². The van der Waals surface area contributed by atoms with E-state index in [4.69, 9.17) is 0 Å². The number of carbonyl (C=O) groups excluding carboxylic acids is 1. The molecule has 21 heavy (non-hydrogen) atoms. The molecule has 5 heteroatoms. The van der Waals surface area contributed by atoms with Crippen molar-refractivity contribution in [2.24, 2.45) is 0 Å². The Morgan fingerprint density at radius 1 is 1.19 bits per heavy atom. The van der Waals surface area contributed by atoms with Crippen molar-refractivity contribution < 1.29 is 4.79 Å². The highest BCUT2D eigenvalue weighted by atomic mass is 16.1. The molecular formula is C16H16N4O. The van der Waals surface area contributed by atoms with Crippen LogP contribution in [0.4, 0.5) is 5.69 Å². The lowest BCUT2D eigenvalue weighted by molar-refractivity contribution is 0.102. The number of pyridine rings is 1. The number of amides is 1. The highest BCUT2D eigenvalue weighted by Crippen LogP contribution is 2.21. The molecule has 0 aliphatic heterocycles. The van der Waals surface area contributed by atoms with E-state index < -0.39 is 0 Å². The van der Waals surface area contributed by atoms with Gasteiger partial charge in [-0.3, -0.25) is 9.78 Å². The number of carbonyl (C=O) groups is 1. The summed E-state index contributed by atoms with van der Waals surface area (Å²) in [5.41, 5.74) is 3.25. The largest absolute Gasteiger partial charge is 0.328 e. The molecule has 2 heterocycles. The molecule has 1 N–H and O–H groups in total. The zero-order valence-corrected chi connectivity index (χ0v) is 11.9. The molecule has 106 valence electrons. The van der Waals surface area contributed by atoms with Gasteiger partial charge in [0.05, 0.1) is 17.4 Å². The van der Waals surface area contributed by atoms with Crippen LogP contribution in [0.1, 0.15) is 30.2 Å². The summed E-state index contributed by atoms with van der Waals surface area (Å²) in [4.78, 5) is 20.4. The quantitative estimate of drug-likeness (QED) is 0.801. The Morgan fingerprint density at radius 3 is 2.67 bits per heavy atom. The van der Waals surface area contributed by atoms with Crippen LogP contribution in [0, 0.1) is 0 Å². The molecule has 0 bridgehead atoms. The van der Waals surface area contributed by atoms with E-state index in [2.05, 4.69) is 33.7 Å². The number of nitrogens with zero attached hydrogens (tertiary/aromatic N) is 3. The molecular weight excluding hydrogens is 264 g/mol. The minimum absolute atomic E-state index is 0.153. The lowest BCUT2D eigenvalue weighted by atomic mass is 10.2. The first-order valence-corrected chi connectivity index (χ1v) is 6.83. The van der Waals surface area contributed by atoms with Crippen molar-refractivity contribution in [1.29, 1.82) is 0 Å². The summed E-state index contributed by atoms with van der Waals surface area (Å²) in [7, 11) is 0. The second kappa shape index (κ2) is 5.36. The van der Waals surface area contributed by atoms with Crippen molar-refractivity contribution in [3.05, 3.63) is 54.6 Å². The number of fused-ring (bicyclic) bond motifs is 1. The van der Waals surface area contributed by atoms with Crippen LogP contribution in [0.15, 0.2) is 49.1 Å². The number of benzene rings is 1. The van der Waals surface area contributed by atoms with Crippen molar-refractivity contribution in [2.45, 2.75) is 19.9 Å². The topological polar surface area (TPSA) is 59.8 Å². The third-order valence-corrected chi connectivity index (χ3v) is 3.33. The Morgan fingerprint density at radius 2 is 1.95 bits per heavy atom. The predicted octanol–water partition coefficient (Wildman–Crippen LogP) is 3.26. The van der Waals surface area contributed by atoms with Crippen LogP contribution in [0.2, 0.25) is 0 Å². The normalized spacial score (nSPS) is 11.0. The summed E-state index contributed by atoms with van der Waals surface area (Å²) < 4.78 is 2.10. The van der Waals surface area contributed by atoms with Crippen LogP contribution in [0.3, 0.4) is 0 Å². The molecule has 3 aromatic rings. The van der Waals surface area contributed by atoms with Crippen molar-refractivity contribution in [3.63, 3.8) is 0 Å². The molecule has 2 aromatic heterocycles. The van der Waals surface area contributed by atoms with Crippen molar-refractivity contribution in [1.82, 2.24) is 14.5 Å². The van der Waals surface area contributed by atoms with Gasteiger partial charge in [0.25, 0.3) is 5.91 Å². The molecule has 0 fully saturated rings. The van der Waals surface area contributed by atoms with Gasteiger partial charge >= 0.3 is 0 Å². The molecule has 1 aromatic carbocycles. The Hall–Kier alpha value is -2.69. The smallest absolute Gasteiger partial charge is 0.255 e. The van der Waals surface area contributed by atoms with Crippen LogP contribution in [-0.4, -0.2) is 20.4 Å². The van der Waals surface area contributed by atoms with Crippen molar-refractivity contribution in [3.8, 4) is 0 Å². The lowest BCUT2D eigenvalue weighted by Crippen LogP contribution is -2.11. The summed E-state index contributed by atoms with van der Waals surface area (Å²) >= 11 is 0. The average molecular weight is 280 g/mol. The number of nitrogens with one attached hydrogen (secondary N) is 1. The van der Waals surface area contributed by atoms with Gasteiger partial charge in [0.2, 0.25) is 0 Å². The second-order valence-electron chi connectivity index (χ2n) is 5.14. The van der Waals surface area contributed by atoms with E-state index in [1.54, 1.807) is 24.5 Å². The molecule has 1 amide bonds. The third kappa shape index (κ3) is 2.63. The average Bonchev–Trinajstić information content (AvgIpc) is 2.91. The molecule has 5 nitrogen and oxygen atoms in total. The number of hydrogen-bond donors (Lipinski definition) is 1. The van der Waals surface area contributed by atoms with E-state index in [0.29, 0.717) is 11.6 Å². The van der Waals surface area contributed by atoms with Crippen LogP contribution >= 0.6 is 0 Å². The fourth-order valence-corrected chi connectivity index (χ4v) is 2.23. The molecule has 0 saturated carbocycles. The summed E-state index contributed by atoms with van der Waals surface area (Å²) in [5, 5.41) is 2.87. The maximum atomic E-state index is 12.1. The number of anilines is 1. The molecule has 0 aliphatic carbocycles. The number of hydrogen-bond acceptors (Lipinski definition) is 3. The maximum absolute atomic E-state index is 12.1. The SMILES string of the molecule is CC(C)n1cnc2cc(NC(=O)c3ccncc3)ccc21. The third-order valence-electron chi connectivity index (χ3n) is 3.33. The van der Waals surface area contributed by atoms with Gasteiger partial charge in [-0.15, -0.1) is 0 Å². The Bertz CT molecular complexity index is 777. The van der Waals surface area contributed by atoms with Crippen molar-refractivity contribution in [2.75, 3.05) is 5.32 Å². The van der Waals surface area contributed by atoms with E-state index in [0.717, 1.165) is 16.7 Å². The van der Waals surface area contributed by atoms with Gasteiger partial charge in [0, 0.05) is 29.7 Å². The molecule has 3 rings (SSSR count). The molecule has 0 spiro atoms. The zero-order chi connectivity index (χ0) is 14.8. The second-order valence-corrected chi connectivity index (χ2v) is 5.14. The summed E-state index contributed by atoms with van der Waals surface area (Å²) in [5.74, 6) is -0.153.